The van der Waals surface area contributed by atoms with E-state index in [9.17, 15) is 14.0 Å². The molecule has 0 radical (unpaired) electrons. The van der Waals surface area contributed by atoms with Gasteiger partial charge in [0.25, 0.3) is 0 Å². The molecule has 0 aliphatic rings. The van der Waals surface area contributed by atoms with Crippen molar-refractivity contribution in [3.63, 3.8) is 0 Å². The van der Waals surface area contributed by atoms with Crippen LogP contribution in [-0.2, 0) is 22.7 Å². The minimum Gasteiger partial charge on any atom is -0.496 e. The monoisotopic (exact) mass is 358 g/mol. The van der Waals surface area contributed by atoms with Crippen molar-refractivity contribution in [2.45, 2.75) is 33.0 Å². The predicted octanol–water partition coefficient (Wildman–Crippen LogP) is 2.89. The van der Waals surface area contributed by atoms with E-state index in [-0.39, 0.29) is 24.2 Å². The van der Waals surface area contributed by atoms with Crippen molar-refractivity contribution in [1.82, 2.24) is 10.2 Å². The van der Waals surface area contributed by atoms with Crippen molar-refractivity contribution in [2.75, 3.05) is 7.11 Å². The molecule has 0 saturated carbocycles. The second-order valence-corrected chi connectivity index (χ2v) is 5.98. The van der Waals surface area contributed by atoms with Crippen LogP contribution in [0.5, 0.6) is 5.75 Å². The summed E-state index contributed by atoms with van der Waals surface area (Å²) in [6, 6.07) is 12.6. The minimum atomic E-state index is -0.660. The summed E-state index contributed by atoms with van der Waals surface area (Å²) in [7, 11) is 1.57. The van der Waals surface area contributed by atoms with Crippen LogP contribution in [0.15, 0.2) is 48.5 Å². The summed E-state index contributed by atoms with van der Waals surface area (Å²) in [6.07, 6.45) is 0. The van der Waals surface area contributed by atoms with E-state index in [1.807, 2.05) is 24.3 Å². The van der Waals surface area contributed by atoms with Crippen LogP contribution in [0.4, 0.5) is 4.39 Å². The van der Waals surface area contributed by atoms with Crippen molar-refractivity contribution in [1.29, 1.82) is 0 Å². The number of carbonyl (C=O) groups excluding carboxylic acids is 2. The molecule has 0 heterocycles. The summed E-state index contributed by atoms with van der Waals surface area (Å²) in [6.45, 7) is 3.62. The Labute approximate surface area is 152 Å². The lowest BCUT2D eigenvalue weighted by Crippen LogP contribution is -2.46. The molecule has 2 rings (SSSR count). The molecule has 5 nitrogen and oxygen atoms in total. The van der Waals surface area contributed by atoms with Gasteiger partial charge in [-0.05, 0) is 30.7 Å². The third kappa shape index (κ3) is 5.05. The Kier molecular flexibility index (Phi) is 6.72. The number of hydrogen-bond donors (Lipinski definition) is 1. The van der Waals surface area contributed by atoms with E-state index >= 15 is 0 Å². The Morgan fingerprint density at radius 1 is 1.15 bits per heavy atom. The second kappa shape index (κ2) is 8.99. The lowest BCUT2D eigenvalue weighted by molar-refractivity contribution is -0.139. The van der Waals surface area contributed by atoms with Crippen LogP contribution in [-0.4, -0.2) is 29.9 Å². The molecule has 0 aliphatic heterocycles. The van der Waals surface area contributed by atoms with Crippen LogP contribution in [0.2, 0.25) is 0 Å². The predicted molar refractivity (Wildman–Crippen MR) is 96.9 cm³/mol. The molecular formula is C20H23FN2O3. The number of rotatable bonds is 7. The zero-order valence-electron chi connectivity index (χ0n) is 15.2. The number of benzene rings is 2. The molecule has 0 bridgehead atoms. The van der Waals surface area contributed by atoms with Gasteiger partial charge in [-0.15, -0.1) is 0 Å². The van der Waals surface area contributed by atoms with Crippen LogP contribution in [0.1, 0.15) is 25.0 Å². The second-order valence-electron chi connectivity index (χ2n) is 5.98. The lowest BCUT2D eigenvalue weighted by atomic mass is 10.1. The molecule has 0 aliphatic carbocycles. The fourth-order valence-electron chi connectivity index (χ4n) is 2.63. The van der Waals surface area contributed by atoms with Crippen LogP contribution in [0, 0.1) is 5.82 Å². The normalized spacial score (nSPS) is 11.5. The van der Waals surface area contributed by atoms with Gasteiger partial charge in [0.2, 0.25) is 11.8 Å². The molecule has 1 atom stereocenters. The highest BCUT2D eigenvalue weighted by Gasteiger charge is 2.23. The molecule has 6 heteroatoms. The molecule has 2 amide bonds. The molecule has 2 aromatic carbocycles. The summed E-state index contributed by atoms with van der Waals surface area (Å²) < 4.78 is 18.3. The van der Waals surface area contributed by atoms with Gasteiger partial charge in [0.15, 0.2) is 0 Å². The maximum atomic E-state index is 13.0. The van der Waals surface area contributed by atoms with Gasteiger partial charge in [-0.25, -0.2) is 4.39 Å². The standard InChI is InChI=1S/C20H23FN2O3/c1-14(20(25)22-12-17-6-4-5-7-19(17)26-3)23(15(2)24)13-16-8-10-18(21)11-9-16/h4-11,14H,12-13H2,1-3H3,(H,22,25)/t14-/m0/s1. The van der Waals surface area contributed by atoms with Crippen LogP contribution in [0.25, 0.3) is 0 Å². The molecule has 0 unspecified atom stereocenters. The maximum absolute atomic E-state index is 13.0. The number of carbonyl (C=O) groups is 2. The van der Waals surface area contributed by atoms with E-state index < -0.39 is 6.04 Å². The molecule has 1 N–H and O–H groups in total. The number of methoxy groups -OCH3 is 1. The van der Waals surface area contributed by atoms with Gasteiger partial charge in [0.1, 0.15) is 17.6 Å². The Bertz CT molecular complexity index is 762. The highest BCUT2D eigenvalue weighted by molar-refractivity contribution is 5.86. The van der Waals surface area contributed by atoms with Gasteiger partial charge in [0.05, 0.1) is 7.11 Å². The molecule has 0 fully saturated rings. The highest BCUT2D eigenvalue weighted by atomic mass is 19.1. The number of amides is 2. The smallest absolute Gasteiger partial charge is 0.242 e. The molecule has 2 aromatic rings. The number of halogens is 1. The van der Waals surface area contributed by atoms with Crippen LogP contribution in [0.3, 0.4) is 0 Å². The van der Waals surface area contributed by atoms with Gasteiger partial charge >= 0.3 is 0 Å². The summed E-state index contributed by atoms with van der Waals surface area (Å²) in [5.74, 6) is -0.150. The SMILES string of the molecule is COc1ccccc1CNC(=O)[C@H](C)N(Cc1ccc(F)cc1)C(C)=O. The number of ether oxygens (including phenoxy) is 1. The fraction of sp³-hybridized carbons (Fsp3) is 0.300. The van der Waals surface area contributed by atoms with Crippen molar-refractivity contribution in [3.05, 3.63) is 65.5 Å². The Hall–Kier alpha value is -2.89. The fourth-order valence-corrected chi connectivity index (χ4v) is 2.63. The molecule has 138 valence electrons. The number of nitrogens with one attached hydrogen (secondary N) is 1. The van der Waals surface area contributed by atoms with E-state index in [0.29, 0.717) is 12.3 Å². The summed E-state index contributed by atoms with van der Waals surface area (Å²) in [5.41, 5.74) is 1.61. The van der Waals surface area contributed by atoms with Crippen molar-refractivity contribution >= 4 is 11.8 Å². The summed E-state index contributed by atoms with van der Waals surface area (Å²) in [5, 5.41) is 2.83. The van der Waals surface area contributed by atoms with Crippen molar-refractivity contribution in [2.24, 2.45) is 0 Å². The van der Waals surface area contributed by atoms with Crippen LogP contribution >= 0.6 is 0 Å². The largest absolute Gasteiger partial charge is 0.496 e. The summed E-state index contributed by atoms with van der Waals surface area (Å²) in [4.78, 5) is 25.9. The zero-order chi connectivity index (χ0) is 19.1. The zero-order valence-corrected chi connectivity index (χ0v) is 15.2. The van der Waals surface area contributed by atoms with Crippen molar-refractivity contribution < 1.29 is 18.7 Å². The molecule has 0 saturated heterocycles. The van der Waals surface area contributed by atoms with Gasteiger partial charge in [-0.1, -0.05) is 30.3 Å². The number of nitrogens with zero attached hydrogens (tertiary/aromatic N) is 1. The Balaban J connectivity index is 2.03. The van der Waals surface area contributed by atoms with Gasteiger partial charge in [0, 0.05) is 25.6 Å². The van der Waals surface area contributed by atoms with E-state index in [1.165, 1.54) is 24.0 Å². The topological polar surface area (TPSA) is 58.6 Å². The summed E-state index contributed by atoms with van der Waals surface area (Å²) >= 11 is 0. The van der Waals surface area contributed by atoms with E-state index in [2.05, 4.69) is 5.32 Å². The van der Waals surface area contributed by atoms with Gasteiger partial charge in [-0.3, -0.25) is 9.59 Å². The van der Waals surface area contributed by atoms with Crippen LogP contribution < -0.4 is 10.1 Å². The first kappa shape index (κ1) is 19.4. The van der Waals surface area contributed by atoms with E-state index in [4.69, 9.17) is 4.74 Å². The molecule has 26 heavy (non-hydrogen) atoms. The lowest BCUT2D eigenvalue weighted by Gasteiger charge is -2.27. The average molecular weight is 358 g/mol. The first-order valence-corrected chi connectivity index (χ1v) is 8.33. The maximum Gasteiger partial charge on any atom is 0.242 e. The van der Waals surface area contributed by atoms with E-state index in [1.54, 1.807) is 26.2 Å². The van der Waals surface area contributed by atoms with Gasteiger partial charge < -0.3 is 15.0 Å². The first-order chi connectivity index (χ1) is 12.4. The first-order valence-electron chi connectivity index (χ1n) is 8.33. The minimum absolute atomic E-state index is 0.228. The quantitative estimate of drug-likeness (QED) is 0.828. The average Bonchev–Trinajstić information content (AvgIpc) is 2.65. The van der Waals surface area contributed by atoms with E-state index in [0.717, 1.165) is 11.1 Å². The molecular weight excluding hydrogens is 335 g/mol. The Morgan fingerprint density at radius 2 is 1.81 bits per heavy atom. The molecule has 0 spiro atoms. The third-order valence-electron chi connectivity index (χ3n) is 4.16. The number of hydrogen-bond acceptors (Lipinski definition) is 3. The Morgan fingerprint density at radius 3 is 2.42 bits per heavy atom. The van der Waals surface area contributed by atoms with Gasteiger partial charge in [-0.2, -0.15) is 0 Å². The van der Waals surface area contributed by atoms with Crippen molar-refractivity contribution in [3.8, 4) is 5.75 Å². The highest BCUT2D eigenvalue weighted by Crippen LogP contribution is 2.17. The third-order valence-corrected chi connectivity index (χ3v) is 4.16. The number of para-hydroxylation sites is 1. The molecule has 0 aromatic heterocycles.